The van der Waals surface area contributed by atoms with Crippen LogP contribution in [0.3, 0.4) is 0 Å². The van der Waals surface area contributed by atoms with Crippen molar-refractivity contribution in [3.8, 4) is 0 Å². The molecule has 1 aliphatic rings. The Morgan fingerprint density at radius 2 is 1.63 bits per heavy atom. The molecule has 6 nitrogen and oxygen atoms in total. The van der Waals surface area contributed by atoms with Crippen molar-refractivity contribution in [1.82, 2.24) is 9.88 Å². The van der Waals surface area contributed by atoms with Crippen LogP contribution in [0, 0.1) is 11.6 Å². The molecule has 8 heteroatoms. The normalized spacial score (nSPS) is 15.6. The minimum atomic E-state index is -0.921. The summed E-state index contributed by atoms with van der Waals surface area (Å²) < 4.78 is 28.9. The summed E-state index contributed by atoms with van der Waals surface area (Å²) in [7, 11) is 0. The number of rotatable bonds is 4. The van der Waals surface area contributed by atoms with Crippen molar-refractivity contribution in [2.45, 2.75) is 6.54 Å². The Bertz CT molecular complexity index is 1180. The highest BCUT2D eigenvalue weighted by Crippen LogP contribution is 2.22. The van der Waals surface area contributed by atoms with E-state index >= 15 is 0 Å². The summed E-state index contributed by atoms with van der Waals surface area (Å²) in [4.78, 5) is 38.2. The molecule has 4 rings (SSSR count). The van der Waals surface area contributed by atoms with Gasteiger partial charge >= 0.3 is 6.03 Å². The molecule has 1 N–H and O–H groups in total. The van der Waals surface area contributed by atoms with E-state index < -0.39 is 23.7 Å². The molecule has 0 atom stereocenters. The molecule has 0 radical (unpaired) electrons. The highest BCUT2D eigenvalue weighted by Gasteiger charge is 2.37. The largest absolute Gasteiger partial charge is 0.343 e. The van der Waals surface area contributed by atoms with Gasteiger partial charge in [0.1, 0.15) is 17.2 Å². The molecule has 30 heavy (non-hydrogen) atoms. The fraction of sp³-hybridized carbons (Fsp3) is 0.0455. The Morgan fingerprint density at radius 3 is 2.37 bits per heavy atom. The number of hydrogen-bond acceptors (Lipinski definition) is 3. The zero-order chi connectivity index (χ0) is 21.3. The zero-order valence-electron chi connectivity index (χ0n) is 15.5. The molecule has 1 aromatic heterocycles. The quantitative estimate of drug-likeness (QED) is 0.532. The first-order valence-corrected chi connectivity index (χ1v) is 8.99. The predicted octanol–water partition coefficient (Wildman–Crippen LogP) is 3.48. The predicted molar refractivity (Wildman–Crippen MR) is 105 cm³/mol. The van der Waals surface area contributed by atoms with Crippen LogP contribution in [0.4, 0.5) is 19.3 Å². The van der Waals surface area contributed by atoms with Gasteiger partial charge in [-0.05, 0) is 48.5 Å². The van der Waals surface area contributed by atoms with E-state index in [1.165, 1.54) is 24.3 Å². The van der Waals surface area contributed by atoms with Gasteiger partial charge in [-0.25, -0.2) is 18.5 Å². The number of imide groups is 2. The minimum Gasteiger partial charge on any atom is -0.343 e. The van der Waals surface area contributed by atoms with E-state index in [0.717, 1.165) is 17.0 Å². The third-order valence-corrected chi connectivity index (χ3v) is 4.64. The fourth-order valence-electron chi connectivity index (χ4n) is 3.14. The number of hydrogen-bond donors (Lipinski definition) is 1. The van der Waals surface area contributed by atoms with Crippen molar-refractivity contribution in [1.29, 1.82) is 0 Å². The minimum absolute atomic E-state index is 0.124. The van der Waals surface area contributed by atoms with Gasteiger partial charge in [0.25, 0.3) is 11.8 Å². The van der Waals surface area contributed by atoms with Crippen molar-refractivity contribution in [3.63, 3.8) is 0 Å². The van der Waals surface area contributed by atoms with Crippen molar-refractivity contribution in [2.24, 2.45) is 0 Å². The number of anilines is 1. The van der Waals surface area contributed by atoms with Crippen LogP contribution in [0.25, 0.3) is 6.08 Å². The van der Waals surface area contributed by atoms with Gasteiger partial charge in [0, 0.05) is 17.5 Å². The van der Waals surface area contributed by atoms with Gasteiger partial charge in [-0.2, -0.15) is 0 Å². The number of barbiturate groups is 1. The van der Waals surface area contributed by atoms with Crippen LogP contribution in [0.1, 0.15) is 11.3 Å². The molecule has 1 fully saturated rings. The number of urea groups is 1. The Labute approximate surface area is 170 Å². The summed E-state index contributed by atoms with van der Waals surface area (Å²) in [5.41, 5.74) is 0.771. The number of aromatic nitrogens is 1. The molecule has 3 aromatic rings. The summed E-state index contributed by atoms with van der Waals surface area (Å²) in [6.07, 6.45) is 3.02. The van der Waals surface area contributed by atoms with Crippen molar-refractivity contribution in [3.05, 3.63) is 95.3 Å². The van der Waals surface area contributed by atoms with Crippen molar-refractivity contribution in [2.75, 3.05) is 4.90 Å². The van der Waals surface area contributed by atoms with Crippen LogP contribution >= 0.6 is 0 Å². The Hall–Kier alpha value is -4.07. The third kappa shape index (κ3) is 3.62. The molecule has 0 aliphatic carbocycles. The van der Waals surface area contributed by atoms with E-state index in [4.69, 9.17) is 0 Å². The highest BCUT2D eigenvalue weighted by atomic mass is 19.1. The van der Waals surface area contributed by atoms with Gasteiger partial charge in [0.15, 0.2) is 0 Å². The third-order valence-electron chi connectivity index (χ3n) is 4.64. The zero-order valence-corrected chi connectivity index (χ0v) is 15.5. The monoisotopic (exact) mass is 407 g/mol. The molecule has 150 valence electrons. The van der Waals surface area contributed by atoms with Gasteiger partial charge < -0.3 is 4.57 Å². The number of carbonyl (C=O) groups is 3. The number of halogens is 2. The average molecular weight is 407 g/mol. The first-order chi connectivity index (χ1) is 14.4. The van der Waals surface area contributed by atoms with E-state index in [0.29, 0.717) is 11.3 Å². The van der Waals surface area contributed by atoms with Gasteiger partial charge in [-0.1, -0.05) is 18.2 Å². The van der Waals surface area contributed by atoms with Crippen LogP contribution in [0.2, 0.25) is 0 Å². The number of carbonyl (C=O) groups excluding carboxylic acids is 3. The molecule has 0 bridgehead atoms. The van der Waals surface area contributed by atoms with Gasteiger partial charge in [-0.3, -0.25) is 14.9 Å². The second kappa shape index (κ2) is 7.75. The fourth-order valence-corrected chi connectivity index (χ4v) is 3.14. The molecule has 4 amide bonds. The van der Waals surface area contributed by atoms with Crippen molar-refractivity contribution >= 4 is 29.6 Å². The van der Waals surface area contributed by atoms with Crippen LogP contribution in [-0.2, 0) is 16.1 Å². The summed E-state index contributed by atoms with van der Waals surface area (Å²) in [6, 6.07) is 13.5. The molecule has 2 aromatic carbocycles. The first-order valence-electron chi connectivity index (χ1n) is 8.99. The van der Waals surface area contributed by atoms with Crippen LogP contribution in [0.15, 0.2) is 72.4 Å². The number of amides is 4. The van der Waals surface area contributed by atoms with Crippen LogP contribution < -0.4 is 10.2 Å². The standard InChI is InChI=1S/C22H15F2N3O3/c23-15-7-9-16(10-8-15)27-21(29)18(20(28)25-22(27)30)12-17-5-3-11-26(17)13-14-4-1-2-6-19(14)24/h1-12H,13H2,(H,25,28,30)/b18-12+. The van der Waals surface area contributed by atoms with Gasteiger partial charge in [0.2, 0.25) is 0 Å². The molecular formula is C22H15F2N3O3. The maximum atomic E-state index is 14.0. The maximum Gasteiger partial charge on any atom is 0.335 e. The molecule has 0 unspecified atom stereocenters. The average Bonchev–Trinajstić information content (AvgIpc) is 3.15. The smallest absolute Gasteiger partial charge is 0.335 e. The van der Waals surface area contributed by atoms with Crippen LogP contribution in [-0.4, -0.2) is 22.4 Å². The Morgan fingerprint density at radius 1 is 0.900 bits per heavy atom. The van der Waals surface area contributed by atoms with E-state index in [9.17, 15) is 23.2 Å². The van der Waals surface area contributed by atoms with Gasteiger partial charge in [0.05, 0.1) is 12.2 Å². The van der Waals surface area contributed by atoms with E-state index in [1.807, 2.05) is 0 Å². The second-order valence-electron chi connectivity index (χ2n) is 6.59. The molecule has 0 spiro atoms. The lowest BCUT2D eigenvalue weighted by atomic mass is 10.1. The van der Waals surface area contributed by atoms with Gasteiger partial charge in [-0.15, -0.1) is 0 Å². The number of benzene rings is 2. The molecule has 2 heterocycles. The SMILES string of the molecule is O=C1NC(=O)N(c2ccc(F)cc2)C(=O)/C1=C/c1cccn1Cc1ccccc1F. The summed E-state index contributed by atoms with van der Waals surface area (Å²) in [6.45, 7) is 0.190. The molecule has 0 saturated carbocycles. The van der Waals surface area contributed by atoms with E-state index in [1.54, 1.807) is 41.1 Å². The van der Waals surface area contributed by atoms with Crippen molar-refractivity contribution < 1.29 is 23.2 Å². The Balaban J connectivity index is 1.68. The van der Waals surface area contributed by atoms with E-state index in [-0.39, 0.29) is 23.6 Å². The lowest BCUT2D eigenvalue weighted by Crippen LogP contribution is -2.54. The molecule has 1 saturated heterocycles. The Kier molecular flexibility index (Phi) is 4.97. The van der Waals surface area contributed by atoms with Crippen LogP contribution in [0.5, 0.6) is 0 Å². The lowest BCUT2D eigenvalue weighted by Gasteiger charge is -2.26. The first kappa shape index (κ1) is 19.3. The number of nitrogens with zero attached hydrogens (tertiary/aromatic N) is 2. The number of nitrogens with one attached hydrogen (secondary N) is 1. The summed E-state index contributed by atoms with van der Waals surface area (Å²) in [5.74, 6) is -2.58. The maximum absolute atomic E-state index is 14.0. The molecule has 1 aliphatic heterocycles. The topological polar surface area (TPSA) is 71.4 Å². The summed E-state index contributed by atoms with van der Waals surface area (Å²) >= 11 is 0. The summed E-state index contributed by atoms with van der Waals surface area (Å²) in [5, 5.41) is 2.11. The second-order valence-corrected chi connectivity index (χ2v) is 6.59. The lowest BCUT2D eigenvalue weighted by molar-refractivity contribution is -0.122. The molecular weight excluding hydrogens is 392 g/mol. The van der Waals surface area contributed by atoms with E-state index in [2.05, 4.69) is 5.32 Å². The highest BCUT2D eigenvalue weighted by molar-refractivity contribution is 6.39.